The molecule has 0 spiro atoms. The lowest BCUT2D eigenvalue weighted by Crippen LogP contribution is -2.32. The molecule has 7 nitrogen and oxygen atoms in total. The maximum Gasteiger partial charge on any atom is 0.416 e. The molecule has 3 aromatic rings. The Morgan fingerprint density at radius 2 is 1.66 bits per heavy atom. The zero-order valence-corrected chi connectivity index (χ0v) is 23.2. The molecule has 14 heteroatoms. The first-order chi connectivity index (χ1) is 20.6. The lowest BCUT2D eigenvalue weighted by molar-refractivity contribution is -0.143. The predicted molar refractivity (Wildman–Crippen MR) is 140 cm³/mol. The van der Waals surface area contributed by atoms with Crippen LogP contribution in [0.25, 0.3) is 11.1 Å². The number of aromatic nitrogens is 1. The van der Waals surface area contributed by atoms with Gasteiger partial charge in [-0.25, -0.2) is 9.18 Å². The second kappa shape index (κ2) is 11.3. The van der Waals surface area contributed by atoms with Crippen molar-refractivity contribution < 1.29 is 54.9 Å². The molecule has 1 amide bonds. The first-order valence-corrected chi connectivity index (χ1v) is 13.4. The summed E-state index contributed by atoms with van der Waals surface area (Å²) in [5, 5.41) is 9.24. The van der Waals surface area contributed by atoms with Crippen molar-refractivity contribution in [3.8, 4) is 16.9 Å². The first kappa shape index (κ1) is 31.1. The van der Waals surface area contributed by atoms with Crippen LogP contribution in [-0.2, 0) is 34.8 Å². The van der Waals surface area contributed by atoms with E-state index in [-0.39, 0.29) is 41.1 Å². The molecule has 1 N–H and O–H groups in total. The Kier molecular flexibility index (Phi) is 7.97. The van der Waals surface area contributed by atoms with Crippen LogP contribution in [0.2, 0.25) is 0 Å². The third kappa shape index (κ3) is 6.29. The molecule has 5 rings (SSSR count). The van der Waals surface area contributed by atoms with Crippen molar-refractivity contribution >= 4 is 12.1 Å². The number of halogens is 7. The lowest BCUT2D eigenvalue weighted by Gasteiger charge is -2.23. The number of methoxy groups -OCH3 is 1. The summed E-state index contributed by atoms with van der Waals surface area (Å²) in [4.78, 5) is 30.2. The highest BCUT2D eigenvalue weighted by Crippen LogP contribution is 2.44. The number of carbonyl (C=O) groups excluding carboxylic acids is 1. The minimum absolute atomic E-state index is 0.00300. The minimum Gasteiger partial charge on any atom is -0.496 e. The summed E-state index contributed by atoms with van der Waals surface area (Å²) in [7, 11) is 1.29. The SMILES string of the molecule is COc1cc(F)c(CC(=O)O)cc1-c1ccc(C2CC2)nc1CN1C(=O)O[C@H](c2cc(C(F)(F)F)cc(C(F)(F)F)c2)[C@@H]1C. The van der Waals surface area contributed by atoms with Gasteiger partial charge in [0.1, 0.15) is 17.7 Å². The molecule has 0 radical (unpaired) electrons. The number of benzene rings is 2. The molecule has 1 aliphatic heterocycles. The Balaban J connectivity index is 1.55. The van der Waals surface area contributed by atoms with Gasteiger partial charge in [0, 0.05) is 28.8 Å². The zero-order valence-electron chi connectivity index (χ0n) is 23.2. The standard InChI is InChI=1S/C30H25F7N2O5/c1-14-27(17-7-18(29(32,33)34)11-19(8-17)30(35,36)37)44-28(42)39(14)13-24-20(5-6-23(38-24)15-3-4-15)21-9-16(10-26(40)41)22(31)12-25(21)43-2/h5-9,11-12,14-15,27H,3-4,10,13H2,1-2H3,(H,40,41)/t14-,27-/m0/s1. The van der Waals surface area contributed by atoms with Gasteiger partial charge in [-0.3, -0.25) is 14.7 Å². The van der Waals surface area contributed by atoms with Crippen LogP contribution >= 0.6 is 0 Å². The van der Waals surface area contributed by atoms with Gasteiger partial charge in [0.15, 0.2) is 0 Å². The lowest BCUT2D eigenvalue weighted by atomic mass is 9.96. The van der Waals surface area contributed by atoms with Crippen LogP contribution in [0.1, 0.15) is 65.4 Å². The minimum atomic E-state index is -5.09. The number of carboxylic acid groups (broad SMARTS) is 1. The van der Waals surface area contributed by atoms with Gasteiger partial charge in [-0.05, 0) is 61.2 Å². The average Bonchev–Trinajstić information content (AvgIpc) is 3.75. The third-order valence-corrected chi connectivity index (χ3v) is 7.64. The highest BCUT2D eigenvalue weighted by molar-refractivity contribution is 5.77. The smallest absolute Gasteiger partial charge is 0.416 e. The van der Waals surface area contributed by atoms with Gasteiger partial charge >= 0.3 is 24.4 Å². The summed E-state index contributed by atoms with van der Waals surface area (Å²) in [5.74, 6) is -1.87. The molecule has 2 fully saturated rings. The molecule has 2 atom stereocenters. The molecule has 2 heterocycles. The van der Waals surface area contributed by atoms with E-state index in [9.17, 15) is 45.4 Å². The summed E-state index contributed by atoms with van der Waals surface area (Å²) in [6, 6.07) is 5.76. The van der Waals surface area contributed by atoms with Crippen molar-refractivity contribution in [1.82, 2.24) is 9.88 Å². The number of ether oxygens (including phenoxy) is 2. The van der Waals surface area contributed by atoms with Gasteiger partial charge in [-0.1, -0.05) is 6.07 Å². The zero-order chi connectivity index (χ0) is 32.1. The Labute approximate surface area is 246 Å². The van der Waals surface area contributed by atoms with Gasteiger partial charge in [0.05, 0.1) is 42.9 Å². The summed E-state index contributed by atoms with van der Waals surface area (Å²) >= 11 is 0. The fourth-order valence-electron chi connectivity index (χ4n) is 5.23. The number of carboxylic acids is 1. The highest BCUT2D eigenvalue weighted by Gasteiger charge is 2.44. The van der Waals surface area contributed by atoms with Crippen LogP contribution in [-0.4, -0.2) is 40.2 Å². The summed E-state index contributed by atoms with van der Waals surface area (Å²) in [6.07, 6.45) is -11.5. The average molecular weight is 627 g/mol. The molecule has 2 aromatic carbocycles. The number of amides is 1. The van der Waals surface area contributed by atoms with Gasteiger partial charge in [0.2, 0.25) is 0 Å². The molecule has 2 aliphatic rings. The first-order valence-electron chi connectivity index (χ1n) is 13.4. The second-order valence-corrected chi connectivity index (χ2v) is 10.7. The number of hydrogen-bond acceptors (Lipinski definition) is 5. The van der Waals surface area contributed by atoms with E-state index in [1.54, 1.807) is 12.1 Å². The summed E-state index contributed by atoms with van der Waals surface area (Å²) in [6.45, 7) is 1.16. The second-order valence-electron chi connectivity index (χ2n) is 10.7. The van der Waals surface area contributed by atoms with E-state index in [1.165, 1.54) is 20.1 Å². The fourth-order valence-corrected chi connectivity index (χ4v) is 5.23. The fraction of sp³-hybridized carbons (Fsp3) is 0.367. The number of rotatable bonds is 8. The Bertz CT molecular complexity index is 1590. The van der Waals surface area contributed by atoms with Crippen molar-refractivity contribution in [2.45, 2.75) is 63.1 Å². The quantitative estimate of drug-likeness (QED) is 0.260. The van der Waals surface area contributed by atoms with E-state index < -0.39 is 65.5 Å². The number of aliphatic carboxylic acids is 1. The van der Waals surface area contributed by atoms with E-state index >= 15 is 0 Å². The Morgan fingerprint density at radius 1 is 1.02 bits per heavy atom. The number of hydrogen-bond donors (Lipinski definition) is 1. The molecular weight excluding hydrogens is 601 g/mol. The maximum absolute atomic E-state index is 14.6. The van der Waals surface area contributed by atoms with Gasteiger partial charge in [-0.2, -0.15) is 26.3 Å². The third-order valence-electron chi connectivity index (χ3n) is 7.64. The Hall–Kier alpha value is -4.36. The molecule has 44 heavy (non-hydrogen) atoms. The van der Waals surface area contributed by atoms with Gasteiger partial charge < -0.3 is 14.6 Å². The van der Waals surface area contributed by atoms with E-state index in [0.717, 1.165) is 23.8 Å². The molecule has 1 aliphatic carbocycles. The highest BCUT2D eigenvalue weighted by atomic mass is 19.4. The monoisotopic (exact) mass is 626 g/mol. The number of pyridine rings is 1. The van der Waals surface area contributed by atoms with Crippen LogP contribution in [0.15, 0.2) is 42.5 Å². The Morgan fingerprint density at radius 3 is 2.20 bits per heavy atom. The van der Waals surface area contributed by atoms with E-state index in [4.69, 9.17) is 14.5 Å². The summed E-state index contributed by atoms with van der Waals surface area (Å²) < 4.78 is 106. The predicted octanol–water partition coefficient (Wildman–Crippen LogP) is 7.52. The molecule has 1 aromatic heterocycles. The number of carbonyl (C=O) groups is 2. The van der Waals surface area contributed by atoms with E-state index in [2.05, 4.69) is 0 Å². The van der Waals surface area contributed by atoms with Crippen molar-refractivity contribution in [3.63, 3.8) is 0 Å². The van der Waals surface area contributed by atoms with Gasteiger partial charge in [0.25, 0.3) is 0 Å². The van der Waals surface area contributed by atoms with Crippen molar-refractivity contribution in [2.75, 3.05) is 7.11 Å². The van der Waals surface area contributed by atoms with Crippen molar-refractivity contribution in [3.05, 3.63) is 81.9 Å². The summed E-state index contributed by atoms with van der Waals surface area (Å²) in [5.41, 5.74) is -2.08. The molecule has 0 bridgehead atoms. The van der Waals surface area contributed by atoms with Crippen LogP contribution in [0.4, 0.5) is 35.5 Å². The van der Waals surface area contributed by atoms with Gasteiger partial charge in [-0.15, -0.1) is 0 Å². The van der Waals surface area contributed by atoms with Crippen LogP contribution in [0.5, 0.6) is 5.75 Å². The van der Waals surface area contributed by atoms with Crippen LogP contribution in [0.3, 0.4) is 0 Å². The normalized spacial score (nSPS) is 18.8. The number of nitrogens with zero attached hydrogens (tertiary/aromatic N) is 2. The van der Waals surface area contributed by atoms with Crippen LogP contribution < -0.4 is 4.74 Å². The maximum atomic E-state index is 14.6. The van der Waals surface area contributed by atoms with E-state index in [0.29, 0.717) is 23.4 Å². The largest absolute Gasteiger partial charge is 0.496 e. The molecule has 234 valence electrons. The number of alkyl halides is 6. The van der Waals surface area contributed by atoms with Crippen LogP contribution in [0, 0.1) is 5.82 Å². The molecule has 1 saturated heterocycles. The molecule has 0 unspecified atom stereocenters. The van der Waals surface area contributed by atoms with Crippen molar-refractivity contribution in [2.24, 2.45) is 0 Å². The molecular formula is C30H25F7N2O5. The van der Waals surface area contributed by atoms with Crippen molar-refractivity contribution in [1.29, 1.82) is 0 Å². The topological polar surface area (TPSA) is 89.0 Å². The molecule has 1 saturated carbocycles. The number of cyclic esters (lactones) is 1. The van der Waals surface area contributed by atoms with E-state index in [1.807, 2.05) is 0 Å².